The second-order valence-corrected chi connectivity index (χ2v) is 8.78. The average Bonchev–Trinajstić information content (AvgIpc) is 3.63. The van der Waals surface area contributed by atoms with Crippen LogP contribution in [0.15, 0.2) is 36.9 Å². The van der Waals surface area contributed by atoms with Crippen LogP contribution in [0.4, 0.5) is 11.6 Å². The van der Waals surface area contributed by atoms with E-state index in [1.165, 1.54) is 7.11 Å². The summed E-state index contributed by atoms with van der Waals surface area (Å²) >= 11 is 0. The van der Waals surface area contributed by atoms with Crippen molar-refractivity contribution in [1.82, 2.24) is 29.6 Å². The fourth-order valence-corrected chi connectivity index (χ4v) is 4.30. The van der Waals surface area contributed by atoms with Crippen molar-refractivity contribution in [2.75, 3.05) is 25.5 Å². The molecule has 10 heteroatoms. The third kappa shape index (κ3) is 4.48. The molecule has 1 amide bonds. The summed E-state index contributed by atoms with van der Waals surface area (Å²) in [6, 6.07) is 3.80. The van der Waals surface area contributed by atoms with Gasteiger partial charge in [-0.05, 0) is 50.3 Å². The monoisotopic (exact) mass is 461 g/mol. The SMILES string of the molecule is COC(=O)c1ncccc1-c1nc(Nc2cnn(C3CCN(C(=O)C4CC4)CC3)c2)ncc1C. The summed E-state index contributed by atoms with van der Waals surface area (Å²) in [7, 11) is 1.33. The second kappa shape index (κ2) is 9.20. The number of anilines is 2. The van der Waals surface area contributed by atoms with Gasteiger partial charge in [-0.15, -0.1) is 0 Å². The van der Waals surface area contributed by atoms with Crippen molar-refractivity contribution < 1.29 is 14.3 Å². The number of methoxy groups -OCH3 is 1. The minimum atomic E-state index is -0.519. The summed E-state index contributed by atoms with van der Waals surface area (Å²) < 4.78 is 6.82. The van der Waals surface area contributed by atoms with Gasteiger partial charge in [0.15, 0.2) is 5.69 Å². The smallest absolute Gasteiger partial charge is 0.357 e. The van der Waals surface area contributed by atoms with E-state index >= 15 is 0 Å². The number of pyridine rings is 1. The lowest BCUT2D eigenvalue weighted by atomic mass is 10.0. The number of esters is 1. The van der Waals surface area contributed by atoms with E-state index in [-0.39, 0.29) is 17.7 Å². The van der Waals surface area contributed by atoms with Crippen molar-refractivity contribution in [3.63, 3.8) is 0 Å². The Morgan fingerprint density at radius 3 is 2.65 bits per heavy atom. The molecule has 0 unspecified atom stereocenters. The van der Waals surface area contributed by atoms with Gasteiger partial charge in [0.1, 0.15) is 0 Å². The lowest BCUT2D eigenvalue weighted by Crippen LogP contribution is -2.39. The molecule has 1 aliphatic carbocycles. The van der Waals surface area contributed by atoms with Gasteiger partial charge in [0.05, 0.1) is 30.7 Å². The van der Waals surface area contributed by atoms with Crippen molar-refractivity contribution >= 4 is 23.5 Å². The zero-order chi connectivity index (χ0) is 23.7. The normalized spacial score (nSPS) is 16.4. The topological polar surface area (TPSA) is 115 Å². The molecule has 3 aromatic rings. The van der Waals surface area contributed by atoms with Gasteiger partial charge in [-0.25, -0.2) is 19.7 Å². The molecule has 5 rings (SSSR count). The molecular weight excluding hydrogens is 434 g/mol. The fourth-order valence-electron chi connectivity index (χ4n) is 4.30. The quantitative estimate of drug-likeness (QED) is 0.557. The van der Waals surface area contributed by atoms with Crippen LogP contribution in [-0.2, 0) is 9.53 Å². The van der Waals surface area contributed by atoms with E-state index in [4.69, 9.17) is 4.74 Å². The number of aromatic nitrogens is 5. The van der Waals surface area contributed by atoms with E-state index in [1.807, 2.05) is 22.7 Å². The number of nitrogens with one attached hydrogen (secondary N) is 1. The maximum absolute atomic E-state index is 12.3. The summed E-state index contributed by atoms with van der Waals surface area (Å²) in [6.07, 6.45) is 10.8. The van der Waals surface area contributed by atoms with Gasteiger partial charge in [-0.1, -0.05) is 0 Å². The number of nitrogens with zero attached hydrogens (tertiary/aromatic N) is 6. The number of hydrogen-bond acceptors (Lipinski definition) is 8. The van der Waals surface area contributed by atoms with E-state index in [0.29, 0.717) is 23.1 Å². The Hall–Kier alpha value is -3.82. The summed E-state index contributed by atoms with van der Waals surface area (Å²) in [5.74, 6) is 0.461. The zero-order valence-corrected chi connectivity index (χ0v) is 19.3. The lowest BCUT2D eigenvalue weighted by Gasteiger charge is -2.32. The Balaban J connectivity index is 1.29. The molecule has 1 saturated heterocycles. The molecule has 0 bridgehead atoms. The first kappa shape index (κ1) is 22.0. The van der Waals surface area contributed by atoms with Crippen molar-refractivity contribution in [3.05, 3.63) is 48.2 Å². The van der Waals surface area contributed by atoms with Gasteiger partial charge >= 0.3 is 5.97 Å². The zero-order valence-electron chi connectivity index (χ0n) is 19.3. The maximum Gasteiger partial charge on any atom is 0.357 e. The molecule has 2 fully saturated rings. The van der Waals surface area contributed by atoms with E-state index in [0.717, 1.165) is 50.0 Å². The van der Waals surface area contributed by atoms with Crippen LogP contribution in [0.3, 0.4) is 0 Å². The van der Waals surface area contributed by atoms with E-state index < -0.39 is 5.97 Å². The Bertz CT molecular complexity index is 1210. The highest BCUT2D eigenvalue weighted by Gasteiger charge is 2.35. The fraction of sp³-hybridized carbons (Fsp3) is 0.417. The summed E-state index contributed by atoms with van der Waals surface area (Å²) in [5.41, 5.74) is 2.97. The highest BCUT2D eigenvalue weighted by atomic mass is 16.5. The minimum absolute atomic E-state index is 0.206. The van der Waals surface area contributed by atoms with Crippen LogP contribution in [0.1, 0.15) is 47.8 Å². The van der Waals surface area contributed by atoms with Crippen LogP contribution >= 0.6 is 0 Å². The molecule has 10 nitrogen and oxygen atoms in total. The molecule has 1 N–H and O–H groups in total. The number of carbonyl (C=O) groups is 2. The molecule has 34 heavy (non-hydrogen) atoms. The molecule has 0 radical (unpaired) electrons. The lowest BCUT2D eigenvalue weighted by molar-refractivity contribution is -0.133. The Kier molecular flexibility index (Phi) is 5.95. The Labute approximate surface area is 197 Å². The average molecular weight is 462 g/mol. The van der Waals surface area contributed by atoms with Crippen molar-refractivity contribution in [1.29, 1.82) is 0 Å². The predicted molar refractivity (Wildman–Crippen MR) is 124 cm³/mol. The number of aryl methyl sites for hydroxylation is 1. The molecule has 3 aromatic heterocycles. The van der Waals surface area contributed by atoms with E-state index in [1.54, 1.807) is 30.7 Å². The number of carbonyl (C=O) groups excluding carboxylic acids is 2. The standard InChI is InChI=1S/C24H27N7O3/c1-15-12-26-24(29-20(15)19-4-3-9-25-21(19)23(33)34-2)28-17-13-27-31(14-17)18-7-10-30(11-8-18)22(32)16-5-6-16/h3-4,9,12-14,16,18H,5-8,10-11H2,1-2H3,(H,26,28,29). The molecule has 4 heterocycles. The van der Waals surface area contributed by atoms with Crippen LogP contribution < -0.4 is 5.32 Å². The summed E-state index contributed by atoms with van der Waals surface area (Å²) in [6.45, 7) is 3.44. The number of ether oxygens (including phenoxy) is 1. The number of hydrogen-bond donors (Lipinski definition) is 1. The van der Waals surface area contributed by atoms with Gasteiger partial charge in [0, 0.05) is 43.2 Å². The highest BCUT2D eigenvalue weighted by Crippen LogP contribution is 2.33. The van der Waals surface area contributed by atoms with Crippen molar-refractivity contribution in [2.45, 2.75) is 38.6 Å². The molecule has 0 atom stereocenters. The Morgan fingerprint density at radius 1 is 1.12 bits per heavy atom. The van der Waals surface area contributed by atoms with Crippen LogP contribution in [-0.4, -0.2) is 61.7 Å². The van der Waals surface area contributed by atoms with E-state index in [9.17, 15) is 9.59 Å². The van der Waals surface area contributed by atoms with Gasteiger partial charge < -0.3 is 15.0 Å². The molecule has 176 valence electrons. The largest absolute Gasteiger partial charge is 0.464 e. The first-order chi connectivity index (χ1) is 16.5. The first-order valence-electron chi connectivity index (χ1n) is 11.5. The molecular formula is C24H27N7O3. The van der Waals surface area contributed by atoms with Crippen molar-refractivity contribution in [2.24, 2.45) is 5.92 Å². The van der Waals surface area contributed by atoms with Crippen LogP contribution in [0.25, 0.3) is 11.3 Å². The van der Waals surface area contributed by atoms with Crippen LogP contribution in [0.2, 0.25) is 0 Å². The Morgan fingerprint density at radius 2 is 1.91 bits per heavy atom. The summed E-state index contributed by atoms with van der Waals surface area (Å²) in [4.78, 5) is 39.7. The maximum atomic E-state index is 12.3. The van der Waals surface area contributed by atoms with E-state index in [2.05, 4.69) is 25.4 Å². The molecule has 2 aliphatic rings. The molecule has 0 aromatic carbocycles. The van der Waals surface area contributed by atoms with Crippen LogP contribution in [0.5, 0.6) is 0 Å². The molecule has 1 saturated carbocycles. The first-order valence-corrected chi connectivity index (χ1v) is 11.5. The minimum Gasteiger partial charge on any atom is -0.464 e. The molecule has 0 spiro atoms. The number of amides is 1. The van der Waals surface area contributed by atoms with Gasteiger partial charge in [0.25, 0.3) is 0 Å². The third-order valence-electron chi connectivity index (χ3n) is 6.35. The van der Waals surface area contributed by atoms with Gasteiger partial charge in [-0.3, -0.25) is 9.48 Å². The number of rotatable bonds is 6. The summed E-state index contributed by atoms with van der Waals surface area (Å²) in [5, 5.41) is 7.73. The van der Waals surface area contributed by atoms with Gasteiger partial charge in [-0.2, -0.15) is 5.10 Å². The highest BCUT2D eigenvalue weighted by molar-refractivity contribution is 5.95. The predicted octanol–water partition coefficient (Wildman–Crippen LogP) is 3.15. The van der Waals surface area contributed by atoms with Crippen molar-refractivity contribution in [3.8, 4) is 11.3 Å². The number of piperidine rings is 1. The number of likely N-dealkylation sites (tertiary alicyclic amines) is 1. The van der Waals surface area contributed by atoms with Gasteiger partial charge in [0.2, 0.25) is 11.9 Å². The van der Waals surface area contributed by atoms with Crippen LogP contribution in [0, 0.1) is 12.8 Å². The molecule has 1 aliphatic heterocycles. The second-order valence-electron chi connectivity index (χ2n) is 8.78. The third-order valence-corrected chi connectivity index (χ3v) is 6.35.